The van der Waals surface area contributed by atoms with Crippen LogP contribution in [-0.2, 0) is 0 Å². The van der Waals surface area contributed by atoms with E-state index in [1.165, 1.54) is 6.33 Å². The molecule has 11 heavy (non-hydrogen) atoms. The Bertz CT molecular complexity index is 278. The third kappa shape index (κ3) is 1.58. The zero-order valence-electron chi connectivity index (χ0n) is 5.31. The summed E-state index contributed by atoms with van der Waals surface area (Å²) in [5, 5.41) is 7.24. The summed E-state index contributed by atoms with van der Waals surface area (Å²) in [6, 6.07) is 0. The van der Waals surface area contributed by atoms with Gasteiger partial charge in [-0.05, 0) is 0 Å². The Morgan fingerprint density at radius 1 is 1.36 bits per heavy atom. The number of halogens is 2. The van der Waals surface area contributed by atoms with Gasteiger partial charge < -0.3 is 5.73 Å². The van der Waals surface area contributed by atoms with Crippen LogP contribution in [0, 0.1) is 5.41 Å². The molecule has 0 unspecified atom stereocenters. The van der Waals surface area contributed by atoms with E-state index < -0.39 is 0 Å². The number of hydrogen-bond acceptors (Lipinski definition) is 3. The van der Waals surface area contributed by atoms with Gasteiger partial charge in [0, 0.05) is 0 Å². The average molecular weight is 191 g/mol. The Kier molecular flexibility index (Phi) is 2.26. The lowest BCUT2D eigenvalue weighted by molar-refractivity contribution is 1.15. The molecule has 4 nitrogen and oxygen atoms in total. The number of amidine groups is 1. The van der Waals surface area contributed by atoms with Gasteiger partial charge in [0.25, 0.3) is 0 Å². The van der Waals surface area contributed by atoms with Crippen LogP contribution in [0.5, 0.6) is 0 Å². The number of nitrogens with zero attached hydrogens (tertiary/aromatic N) is 2. The molecule has 0 aromatic carbocycles. The summed E-state index contributed by atoms with van der Waals surface area (Å²) in [5.74, 6) is -0.236. The smallest absolute Gasteiger partial charge is 0.144 e. The fraction of sp³-hybridized carbons (Fsp3) is 0. The van der Waals surface area contributed by atoms with Gasteiger partial charge in [-0.2, -0.15) is 0 Å². The Labute approximate surface area is 72.9 Å². The van der Waals surface area contributed by atoms with E-state index in [2.05, 4.69) is 9.97 Å². The highest BCUT2D eigenvalue weighted by Crippen LogP contribution is 2.18. The van der Waals surface area contributed by atoms with E-state index in [9.17, 15) is 0 Å². The summed E-state index contributed by atoms with van der Waals surface area (Å²) in [5.41, 5.74) is 5.33. The van der Waals surface area contributed by atoms with Gasteiger partial charge in [-0.1, -0.05) is 23.2 Å². The maximum absolute atomic E-state index is 7.05. The monoisotopic (exact) mass is 190 g/mol. The zero-order chi connectivity index (χ0) is 8.43. The molecule has 58 valence electrons. The predicted octanol–water partition coefficient (Wildman–Crippen LogP) is 1.07. The summed E-state index contributed by atoms with van der Waals surface area (Å²) in [7, 11) is 0. The van der Waals surface area contributed by atoms with E-state index >= 15 is 0 Å². The topological polar surface area (TPSA) is 75.7 Å². The highest BCUT2D eigenvalue weighted by atomic mass is 35.5. The van der Waals surface area contributed by atoms with Crippen LogP contribution >= 0.6 is 23.2 Å². The molecule has 1 heterocycles. The van der Waals surface area contributed by atoms with Gasteiger partial charge in [0.2, 0.25) is 0 Å². The first-order chi connectivity index (χ1) is 5.13. The summed E-state index contributed by atoms with van der Waals surface area (Å²) in [6.07, 6.45) is 1.21. The van der Waals surface area contributed by atoms with Crippen molar-refractivity contribution in [3.63, 3.8) is 0 Å². The van der Waals surface area contributed by atoms with E-state index in [0.717, 1.165) is 0 Å². The molecule has 0 fully saturated rings. The number of nitrogens with two attached hydrogens (primary N) is 1. The van der Waals surface area contributed by atoms with Crippen molar-refractivity contribution in [3.05, 3.63) is 22.2 Å². The van der Waals surface area contributed by atoms with Crippen LogP contribution in [0.2, 0.25) is 10.3 Å². The molecule has 0 amide bonds. The Hall–Kier alpha value is -0.870. The Morgan fingerprint density at radius 2 is 1.82 bits per heavy atom. The quantitative estimate of drug-likeness (QED) is 0.396. The second-order valence-electron chi connectivity index (χ2n) is 1.74. The van der Waals surface area contributed by atoms with Crippen molar-refractivity contribution >= 4 is 29.0 Å². The van der Waals surface area contributed by atoms with Crippen LogP contribution < -0.4 is 5.73 Å². The minimum atomic E-state index is -0.236. The van der Waals surface area contributed by atoms with Crippen molar-refractivity contribution in [1.82, 2.24) is 9.97 Å². The summed E-state index contributed by atoms with van der Waals surface area (Å²) in [4.78, 5) is 7.22. The summed E-state index contributed by atoms with van der Waals surface area (Å²) < 4.78 is 0. The molecule has 0 radical (unpaired) electrons. The third-order valence-electron chi connectivity index (χ3n) is 1.02. The summed E-state index contributed by atoms with van der Waals surface area (Å²) >= 11 is 11.1. The van der Waals surface area contributed by atoms with Crippen LogP contribution in [0.4, 0.5) is 0 Å². The van der Waals surface area contributed by atoms with E-state index in [-0.39, 0.29) is 21.7 Å². The number of nitrogen functional groups attached to an aromatic ring is 1. The fourth-order valence-corrected chi connectivity index (χ4v) is 1.08. The van der Waals surface area contributed by atoms with Crippen molar-refractivity contribution in [2.45, 2.75) is 0 Å². The van der Waals surface area contributed by atoms with Gasteiger partial charge in [-0.25, -0.2) is 9.97 Å². The molecule has 0 saturated carbocycles. The van der Waals surface area contributed by atoms with Crippen LogP contribution in [0.15, 0.2) is 6.33 Å². The van der Waals surface area contributed by atoms with Crippen molar-refractivity contribution in [1.29, 1.82) is 5.41 Å². The van der Waals surface area contributed by atoms with Crippen molar-refractivity contribution in [2.75, 3.05) is 0 Å². The molecule has 6 heteroatoms. The van der Waals surface area contributed by atoms with Gasteiger partial charge in [0.15, 0.2) is 0 Å². The maximum Gasteiger partial charge on any atom is 0.144 e. The minimum Gasteiger partial charge on any atom is -0.383 e. The molecule has 3 N–H and O–H groups in total. The standard InChI is InChI=1S/C5H4Cl2N4/c6-3-2(5(8)9)4(7)11-1-10-3/h1H,(H3,8,9). The van der Waals surface area contributed by atoms with E-state index in [4.69, 9.17) is 34.3 Å². The molecule has 0 aliphatic carbocycles. The van der Waals surface area contributed by atoms with Crippen molar-refractivity contribution < 1.29 is 0 Å². The van der Waals surface area contributed by atoms with E-state index in [1.807, 2.05) is 0 Å². The first-order valence-corrected chi connectivity index (χ1v) is 3.39. The molecular formula is C5H4Cl2N4. The number of nitrogens with one attached hydrogen (secondary N) is 1. The van der Waals surface area contributed by atoms with Gasteiger partial charge >= 0.3 is 0 Å². The predicted molar refractivity (Wildman–Crippen MR) is 43.1 cm³/mol. The number of hydrogen-bond donors (Lipinski definition) is 2. The second-order valence-corrected chi connectivity index (χ2v) is 2.46. The van der Waals surface area contributed by atoms with Gasteiger partial charge in [-0.15, -0.1) is 0 Å². The lowest BCUT2D eigenvalue weighted by Crippen LogP contribution is -2.13. The van der Waals surface area contributed by atoms with Gasteiger partial charge in [0.1, 0.15) is 22.5 Å². The van der Waals surface area contributed by atoms with E-state index in [0.29, 0.717) is 0 Å². The molecular weight excluding hydrogens is 187 g/mol. The molecule has 1 rings (SSSR count). The molecule has 0 atom stereocenters. The number of rotatable bonds is 1. The van der Waals surface area contributed by atoms with Gasteiger partial charge in [0.05, 0.1) is 5.56 Å². The molecule has 1 aromatic heterocycles. The lowest BCUT2D eigenvalue weighted by Gasteiger charge is -2.00. The zero-order valence-corrected chi connectivity index (χ0v) is 6.82. The Balaban J connectivity index is 3.32. The van der Waals surface area contributed by atoms with Crippen LogP contribution in [0.25, 0.3) is 0 Å². The molecule has 0 aliphatic heterocycles. The lowest BCUT2D eigenvalue weighted by atomic mass is 10.3. The second kappa shape index (κ2) is 3.02. The highest BCUT2D eigenvalue weighted by Gasteiger charge is 2.09. The van der Waals surface area contributed by atoms with Gasteiger partial charge in [-0.3, -0.25) is 5.41 Å². The Morgan fingerprint density at radius 3 is 2.09 bits per heavy atom. The molecule has 0 aliphatic rings. The molecule has 1 aromatic rings. The number of aromatic nitrogens is 2. The normalized spacial score (nSPS) is 9.64. The van der Waals surface area contributed by atoms with Crippen LogP contribution in [-0.4, -0.2) is 15.8 Å². The first-order valence-electron chi connectivity index (χ1n) is 2.63. The van der Waals surface area contributed by atoms with E-state index in [1.54, 1.807) is 0 Å². The maximum atomic E-state index is 7.05. The molecule has 0 saturated heterocycles. The molecule has 0 spiro atoms. The van der Waals surface area contributed by atoms with Crippen molar-refractivity contribution in [2.24, 2.45) is 5.73 Å². The third-order valence-corrected chi connectivity index (χ3v) is 1.60. The van der Waals surface area contributed by atoms with Crippen LogP contribution in [0.3, 0.4) is 0 Å². The average Bonchev–Trinajstić information content (AvgIpc) is 1.85. The highest BCUT2D eigenvalue weighted by molar-refractivity contribution is 6.38. The largest absolute Gasteiger partial charge is 0.383 e. The van der Waals surface area contributed by atoms with Crippen LogP contribution in [0.1, 0.15) is 5.56 Å². The molecule has 0 bridgehead atoms. The van der Waals surface area contributed by atoms with Crippen molar-refractivity contribution in [3.8, 4) is 0 Å². The first kappa shape index (κ1) is 8.23. The minimum absolute atomic E-state index is 0.0949. The summed E-state index contributed by atoms with van der Waals surface area (Å²) in [6.45, 7) is 0. The SMILES string of the molecule is N=C(N)c1c(Cl)ncnc1Cl. The fourth-order valence-electron chi connectivity index (χ4n) is 0.567.